The second-order valence-electron chi connectivity index (χ2n) is 3.55. The minimum absolute atomic E-state index is 0.138. The maximum absolute atomic E-state index is 11.9. The smallest absolute Gasteiger partial charge is 0.259 e. The van der Waals surface area contributed by atoms with E-state index >= 15 is 0 Å². The molecule has 3 rings (SSSR count). The fraction of sp³-hybridized carbons (Fsp3) is 0.133. The highest BCUT2D eigenvalue weighted by Crippen LogP contribution is 2.34. The van der Waals surface area contributed by atoms with E-state index in [9.17, 15) is 4.79 Å². The number of ether oxygens (including phenoxy) is 1. The monoisotopic (exact) mass is 241 g/mol. The number of nitrogens with one attached hydrogen (secondary N) is 1. The van der Waals surface area contributed by atoms with Gasteiger partial charge in [-0.3, -0.25) is 4.79 Å². The van der Waals surface area contributed by atoms with Crippen molar-refractivity contribution in [2.24, 2.45) is 0 Å². The molecule has 92 valence electrons. The van der Waals surface area contributed by atoms with E-state index < -0.39 is 0 Å². The topological polar surface area (TPSA) is 38.3 Å². The van der Waals surface area contributed by atoms with Gasteiger partial charge in [0.1, 0.15) is 5.75 Å². The van der Waals surface area contributed by atoms with Crippen molar-refractivity contribution in [2.45, 2.75) is 13.8 Å². The molecule has 0 spiro atoms. The Kier molecular flexibility index (Phi) is 3.63. The minimum atomic E-state index is -0.138. The average Bonchev–Trinajstić information content (AvgIpc) is 2.57. The normalized spacial score (nSPS) is 11.8. The van der Waals surface area contributed by atoms with Crippen LogP contribution in [0.15, 0.2) is 48.5 Å². The Morgan fingerprint density at radius 2 is 1.50 bits per heavy atom. The molecule has 0 radical (unpaired) electrons. The van der Waals surface area contributed by atoms with E-state index in [1.54, 1.807) is 12.1 Å². The number of benzene rings is 2. The summed E-state index contributed by atoms with van der Waals surface area (Å²) in [5, 5.41) is 2.81. The van der Waals surface area contributed by atoms with Gasteiger partial charge in [-0.25, -0.2) is 0 Å². The van der Waals surface area contributed by atoms with Crippen LogP contribution in [-0.4, -0.2) is 5.91 Å². The predicted octanol–water partition coefficient (Wildman–Crippen LogP) is 4.07. The van der Waals surface area contributed by atoms with E-state index in [1.165, 1.54) is 0 Å². The summed E-state index contributed by atoms with van der Waals surface area (Å²) in [6.07, 6.45) is 0. The predicted molar refractivity (Wildman–Crippen MR) is 72.3 cm³/mol. The van der Waals surface area contributed by atoms with Gasteiger partial charge in [0.25, 0.3) is 5.91 Å². The molecule has 0 unspecified atom stereocenters. The van der Waals surface area contributed by atoms with Crippen LogP contribution in [0, 0.1) is 0 Å². The van der Waals surface area contributed by atoms with Crippen molar-refractivity contribution in [3.8, 4) is 11.5 Å². The lowest BCUT2D eigenvalue weighted by Crippen LogP contribution is -2.09. The maximum atomic E-state index is 11.9. The molecule has 1 aliphatic rings. The Labute approximate surface area is 106 Å². The van der Waals surface area contributed by atoms with Crippen molar-refractivity contribution in [1.29, 1.82) is 0 Å². The lowest BCUT2D eigenvalue weighted by Gasteiger charge is -2.06. The second-order valence-corrected chi connectivity index (χ2v) is 3.55. The van der Waals surface area contributed by atoms with Crippen molar-refractivity contribution >= 4 is 11.6 Å². The van der Waals surface area contributed by atoms with Gasteiger partial charge < -0.3 is 10.1 Å². The lowest BCUT2D eigenvalue weighted by atomic mass is 10.2. The van der Waals surface area contributed by atoms with Crippen LogP contribution in [-0.2, 0) is 0 Å². The van der Waals surface area contributed by atoms with E-state index in [0.717, 1.165) is 0 Å². The molecule has 1 amide bonds. The molecule has 0 saturated heterocycles. The van der Waals surface area contributed by atoms with Gasteiger partial charge in [-0.2, -0.15) is 0 Å². The van der Waals surface area contributed by atoms with E-state index in [0.29, 0.717) is 22.7 Å². The molecule has 3 nitrogen and oxygen atoms in total. The van der Waals surface area contributed by atoms with E-state index in [-0.39, 0.29) is 5.91 Å². The third-order valence-corrected chi connectivity index (χ3v) is 2.49. The molecule has 2 aromatic carbocycles. The van der Waals surface area contributed by atoms with Crippen LogP contribution >= 0.6 is 0 Å². The first-order valence-corrected chi connectivity index (χ1v) is 6.02. The van der Waals surface area contributed by atoms with Crippen molar-refractivity contribution < 1.29 is 9.53 Å². The van der Waals surface area contributed by atoms with Crippen molar-refractivity contribution in [1.82, 2.24) is 0 Å². The first kappa shape index (κ1) is 12.2. The molecule has 0 bridgehead atoms. The van der Waals surface area contributed by atoms with E-state index in [2.05, 4.69) is 5.32 Å². The van der Waals surface area contributed by atoms with E-state index in [4.69, 9.17) is 4.74 Å². The van der Waals surface area contributed by atoms with Crippen LogP contribution < -0.4 is 10.1 Å². The Bertz CT molecular complexity index is 564. The Balaban J connectivity index is 0.000000574. The first-order chi connectivity index (χ1) is 8.84. The molecule has 0 aromatic heterocycles. The quantitative estimate of drug-likeness (QED) is 0.755. The number of fused-ring (bicyclic) bond motifs is 2. The Morgan fingerprint density at radius 3 is 2.28 bits per heavy atom. The third-order valence-electron chi connectivity index (χ3n) is 2.49. The summed E-state index contributed by atoms with van der Waals surface area (Å²) in [5.74, 6) is 1.12. The van der Waals surface area contributed by atoms with Gasteiger partial charge in [0, 0.05) is 0 Å². The zero-order chi connectivity index (χ0) is 13.0. The molecule has 0 aliphatic carbocycles. The number of carbonyl (C=O) groups excluding carboxylic acids is 1. The summed E-state index contributed by atoms with van der Waals surface area (Å²) in [6, 6.07) is 14.6. The van der Waals surface area contributed by atoms with Crippen LogP contribution in [0.4, 0.5) is 5.69 Å². The Morgan fingerprint density at radius 1 is 0.889 bits per heavy atom. The van der Waals surface area contributed by atoms with Gasteiger partial charge in [0.05, 0.1) is 11.3 Å². The molecule has 0 saturated carbocycles. The van der Waals surface area contributed by atoms with E-state index in [1.807, 2.05) is 50.2 Å². The zero-order valence-corrected chi connectivity index (χ0v) is 10.4. The molecule has 0 fully saturated rings. The number of amides is 1. The van der Waals surface area contributed by atoms with Crippen molar-refractivity contribution in [3.05, 3.63) is 54.1 Å². The molecule has 2 aromatic rings. The van der Waals surface area contributed by atoms with Crippen LogP contribution in [0.3, 0.4) is 0 Å². The van der Waals surface area contributed by atoms with Crippen LogP contribution in [0.1, 0.15) is 24.2 Å². The van der Waals surface area contributed by atoms with Gasteiger partial charge >= 0.3 is 0 Å². The van der Waals surface area contributed by atoms with Crippen molar-refractivity contribution in [2.75, 3.05) is 5.32 Å². The third kappa shape index (κ3) is 2.20. The number of para-hydroxylation sites is 3. The molecule has 1 N–H and O–H groups in total. The Hall–Kier alpha value is -2.29. The summed E-state index contributed by atoms with van der Waals surface area (Å²) >= 11 is 0. The number of hydrogen-bond donors (Lipinski definition) is 1. The highest BCUT2D eigenvalue weighted by molar-refractivity contribution is 6.07. The number of anilines is 1. The van der Waals surface area contributed by atoms with Crippen molar-refractivity contribution in [3.63, 3.8) is 0 Å². The van der Waals surface area contributed by atoms with Gasteiger partial charge in [-0.15, -0.1) is 0 Å². The SMILES string of the molecule is CC.O=C1Nc2ccccc2Oc2ccccc21. The number of carbonyl (C=O) groups is 1. The molecular weight excluding hydrogens is 226 g/mol. The van der Waals surface area contributed by atoms with Gasteiger partial charge in [-0.05, 0) is 24.3 Å². The summed E-state index contributed by atoms with van der Waals surface area (Å²) in [4.78, 5) is 11.9. The van der Waals surface area contributed by atoms with Crippen LogP contribution in [0.25, 0.3) is 0 Å². The summed E-state index contributed by atoms with van der Waals surface area (Å²) in [5.41, 5.74) is 1.25. The maximum Gasteiger partial charge on any atom is 0.259 e. The highest BCUT2D eigenvalue weighted by Gasteiger charge is 2.19. The zero-order valence-electron chi connectivity index (χ0n) is 10.4. The summed E-state index contributed by atoms with van der Waals surface area (Å²) in [7, 11) is 0. The molecule has 18 heavy (non-hydrogen) atoms. The molecule has 1 heterocycles. The first-order valence-electron chi connectivity index (χ1n) is 6.02. The fourth-order valence-electron chi connectivity index (χ4n) is 1.71. The van der Waals surface area contributed by atoms with Gasteiger partial charge in [0.2, 0.25) is 0 Å². The van der Waals surface area contributed by atoms with Gasteiger partial charge in [-0.1, -0.05) is 38.1 Å². The highest BCUT2D eigenvalue weighted by atomic mass is 16.5. The summed E-state index contributed by atoms with van der Waals surface area (Å²) < 4.78 is 5.69. The molecule has 3 heteroatoms. The number of hydrogen-bond acceptors (Lipinski definition) is 2. The number of rotatable bonds is 0. The van der Waals surface area contributed by atoms with Crippen LogP contribution in [0.2, 0.25) is 0 Å². The summed E-state index contributed by atoms with van der Waals surface area (Å²) in [6.45, 7) is 4.00. The lowest BCUT2D eigenvalue weighted by molar-refractivity contribution is 0.102. The molecular formula is C15H15NO2. The molecule has 0 atom stereocenters. The minimum Gasteiger partial charge on any atom is -0.454 e. The standard InChI is InChI=1S/C13H9NO2.C2H6/c15-13-9-5-1-3-7-11(9)16-12-8-4-2-6-10(12)14-13;1-2/h1-8H,(H,14,15);1-2H3. The van der Waals surface area contributed by atoms with Gasteiger partial charge in [0.15, 0.2) is 5.75 Å². The average molecular weight is 241 g/mol. The fourth-order valence-corrected chi connectivity index (χ4v) is 1.71. The second kappa shape index (κ2) is 5.36. The van der Waals surface area contributed by atoms with Crippen LogP contribution in [0.5, 0.6) is 11.5 Å². The molecule has 1 aliphatic heterocycles. The largest absolute Gasteiger partial charge is 0.454 e.